The number of pyridine rings is 1. The topological polar surface area (TPSA) is 82.3 Å². The van der Waals surface area contributed by atoms with Gasteiger partial charge in [0, 0.05) is 24.7 Å². The van der Waals surface area contributed by atoms with Crippen molar-refractivity contribution in [3.8, 4) is 5.75 Å². The predicted molar refractivity (Wildman–Crippen MR) is 113 cm³/mol. The van der Waals surface area contributed by atoms with Gasteiger partial charge in [0.1, 0.15) is 30.0 Å². The summed E-state index contributed by atoms with van der Waals surface area (Å²) in [6, 6.07) is 13.0. The maximum Gasteiger partial charge on any atom is 0.250 e. The highest BCUT2D eigenvalue weighted by Crippen LogP contribution is 2.27. The second kappa shape index (κ2) is 8.13. The largest absolute Gasteiger partial charge is 0.489 e. The van der Waals surface area contributed by atoms with Crippen molar-refractivity contribution in [3.63, 3.8) is 0 Å². The number of aromatic nitrogens is 1. The molecule has 162 valence electrons. The summed E-state index contributed by atoms with van der Waals surface area (Å²) in [5.74, 6) is -1.05. The van der Waals surface area contributed by atoms with Gasteiger partial charge in [0.2, 0.25) is 0 Å². The van der Waals surface area contributed by atoms with Crippen LogP contribution < -0.4 is 10.3 Å². The number of ether oxygens (including phenoxy) is 3. The van der Waals surface area contributed by atoms with E-state index in [1.165, 1.54) is 18.2 Å². The van der Waals surface area contributed by atoms with Crippen molar-refractivity contribution in [2.45, 2.75) is 32.3 Å². The molecule has 1 aromatic heterocycles. The summed E-state index contributed by atoms with van der Waals surface area (Å²) >= 11 is 0. The molecule has 0 saturated carbocycles. The third kappa shape index (κ3) is 4.45. The lowest BCUT2D eigenvalue weighted by atomic mass is 10.1. The highest BCUT2D eigenvalue weighted by Gasteiger charge is 2.36. The van der Waals surface area contributed by atoms with Crippen LogP contribution in [-0.2, 0) is 23.1 Å². The minimum absolute atomic E-state index is 0.0785. The molecular formula is C23H23FN2O5. The highest BCUT2D eigenvalue weighted by atomic mass is 19.1. The van der Waals surface area contributed by atoms with Gasteiger partial charge in [0.05, 0.1) is 12.1 Å². The van der Waals surface area contributed by atoms with Crippen molar-refractivity contribution in [2.75, 3.05) is 6.61 Å². The van der Waals surface area contributed by atoms with Gasteiger partial charge in [-0.25, -0.2) is 4.39 Å². The Morgan fingerprint density at radius 2 is 2.06 bits per heavy atom. The lowest BCUT2D eigenvalue weighted by Gasteiger charge is -2.18. The molecule has 0 spiro atoms. The third-order valence-corrected chi connectivity index (χ3v) is 5.18. The fourth-order valence-electron chi connectivity index (χ4n) is 3.61. The number of nitrogens with zero attached hydrogens (tertiary/aromatic N) is 2. The number of fused-ring (bicyclic) bond motifs is 1. The Morgan fingerprint density at radius 1 is 1.26 bits per heavy atom. The van der Waals surface area contributed by atoms with Crippen LogP contribution in [0.15, 0.2) is 58.5 Å². The zero-order chi connectivity index (χ0) is 22.2. The molecule has 2 aromatic carbocycles. The van der Waals surface area contributed by atoms with Crippen molar-refractivity contribution < 1.29 is 23.8 Å². The van der Waals surface area contributed by atoms with Crippen LogP contribution in [0.25, 0.3) is 10.9 Å². The molecule has 31 heavy (non-hydrogen) atoms. The SMILES string of the molecule is Cn1c(=O)ccc2cc(COc3cc(F)cc(/C(=N/O)[C@H]4COC(C)(C)O4)c3)ccc21. The zero-order valence-corrected chi connectivity index (χ0v) is 17.5. The van der Waals surface area contributed by atoms with Crippen molar-refractivity contribution in [1.29, 1.82) is 0 Å². The number of benzene rings is 2. The van der Waals surface area contributed by atoms with Gasteiger partial charge in [-0.3, -0.25) is 4.79 Å². The Bertz CT molecular complexity index is 1220. The normalized spacial score (nSPS) is 18.5. The summed E-state index contributed by atoms with van der Waals surface area (Å²) in [7, 11) is 1.72. The molecule has 3 aromatic rings. The minimum atomic E-state index is -0.813. The van der Waals surface area contributed by atoms with Gasteiger partial charge >= 0.3 is 0 Å². The molecule has 1 aliphatic heterocycles. The van der Waals surface area contributed by atoms with Crippen LogP contribution in [0.1, 0.15) is 25.0 Å². The van der Waals surface area contributed by atoms with Crippen LogP contribution >= 0.6 is 0 Å². The van der Waals surface area contributed by atoms with Crippen molar-refractivity contribution in [3.05, 3.63) is 75.8 Å². The maximum atomic E-state index is 14.3. The summed E-state index contributed by atoms with van der Waals surface area (Å²) in [5.41, 5.74) is 2.11. The van der Waals surface area contributed by atoms with E-state index in [-0.39, 0.29) is 30.2 Å². The predicted octanol–water partition coefficient (Wildman–Crippen LogP) is 3.59. The number of rotatable bonds is 5. The first-order valence-electron chi connectivity index (χ1n) is 9.82. The van der Waals surface area contributed by atoms with E-state index >= 15 is 0 Å². The monoisotopic (exact) mass is 426 g/mol. The molecule has 4 rings (SSSR count). The van der Waals surface area contributed by atoms with E-state index in [0.29, 0.717) is 5.56 Å². The maximum absolute atomic E-state index is 14.3. The average Bonchev–Trinajstić information content (AvgIpc) is 3.09. The van der Waals surface area contributed by atoms with Gasteiger partial charge in [-0.05, 0) is 55.1 Å². The smallest absolute Gasteiger partial charge is 0.250 e. The molecule has 7 nitrogen and oxygen atoms in total. The average molecular weight is 426 g/mol. The molecular weight excluding hydrogens is 403 g/mol. The standard InChI is InChI=1S/C23H23FN2O5/c1-23(2)30-13-20(31-23)22(25-28)16-9-17(24)11-18(10-16)29-12-14-4-6-19-15(8-14)5-7-21(27)26(19)3/h4-11,20,28H,12-13H2,1-3H3/b25-22-/t20-/m1/s1. The quantitative estimate of drug-likeness (QED) is 0.383. The fraction of sp³-hybridized carbons (Fsp3) is 0.304. The molecule has 1 atom stereocenters. The van der Waals surface area contributed by atoms with E-state index in [2.05, 4.69) is 5.16 Å². The fourth-order valence-corrected chi connectivity index (χ4v) is 3.61. The van der Waals surface area contributed by atoms with E-state index in [1.807, 2.05) is 18.2 Å². The van der Waals surface area contributed by atoms with E-state index in [9.17, 15) is 14.4 Å². The molecule has 0 unspecified atom stereocenters. The Labute approximate surface area is 178 Å². The summed E-state index contributed by atoms with van der Waals surface area (Å²) < 4.78 is 32.9. The van der Waals surface area contributed by atoms with Crippen molar-refractivity contribution in [1.82, 2.24) is 4.57 Å². The molecule has 1 aliphatic rings. The molecule has 0 radical (unpaired) electrons. The Kier molecular flexibility index (Phi) is 5.51. The van der Waals surface area contributed by atoms with Crippen LogP contribution in [0.3, 0.4) is 0 Å². The number of halogens is 1. The number of oxime groups is 1. The molecule has 0 amide bonds. The van der Waals surface area contributed by atoms with Gasteiger partial charge in [-0.1, -0.05) is 11.2 Å². The Morgan fingerprint density at radius 3 is 2.77 bits per heavy atom. The molecule has 1 N–H and O–H groups in total. The molecule has 0 aliphatic carbocycles. The van der Waals surface area contributed by atoms with E-state index in [0.717, 1.165) is 16.5 Å². The molecule has 0 bridgehead atoms. The van der Waals surface area contributed by atoms with Gasteiger partial charge in [-0.2, -0.15) is 0 Å². The number of aryl methyl sites for hydroxylation is 1. The molecule has 2 heterocycles. The molecule has 1 saturated heterocycles. The van der Waals surface area contributed by atoms with Crippen LogP contribution in [0, 0.1) is 5.82 Å². The van der Waals surface area contributed by atoms with E-state index in [4.69, 9.17) is 14.2 Å². The first-order valence-corrected chi connectivity index (χ1v) is 9.82. The van der Waals surface area contributed by atoms with Crippen molar-refractivity contribution in [2.24, 2.45) is 12.2 Å². The second-order valence-corrected chi connectivity index (χ2v) is 7.89. The van der Waals surface area contributed by atoms with Gasteiger partial charge in [0.15, 0.2) is 5.79 Å². The Balaban J connectivity index is 1.54. The van der Waals surface area contributed by atoms with E-state index < -0.39 is 17.7 Å². The van der Waals surface area contributed by atoms with Crippen LogP contribution in [0.4, 0.5) is 4.39 Å². The first-order chi connectivity index (χ1) is 14.8. The Hall–Kier alpha value is -3.23. The summed E-state index contributed by atoms with van der Waals surface area (Å²) in [6.45, 7) is 3.90. The first kappa shape index (κ1) is 21.0. The number of hydrogen-bond acceptors (Lipinski definition) is 6. The molecule has 1 fully saturated rings. The van der Waals surface area contributed by atoms with Gasteiger partial charge in [-0.15, -0.1) is 0 Å². The van der Waals surface area contributed by atoms with Crippen LogP contribution in [0.2, 0.25) is 0 Å². The molecule has 8 heteroatoms. The summed E-state index contributed by atoms with van der Waals surface area (Å²) in [6.07, 6.45) is -0.623. The zero-order valence-electron chi connectivity index (χ0n) is 17.5. The summed E-state index contributed by atoms with van der Waals surface area (Å²) in [4.78, 5) is 11.8. The number of hydrogen-bond donors (Lipinski definition) is 1. The van der Waals surface area contributed by atoms with Gasteiger partial charge in [0.25, 0.3) is 5.56 Å². The third-order valence-electron chi connectivity index (χ3n) is 5.18. The minimum Gasteiger partial charge on any atom is -0.489 e. The lowest BCUT2D eigenvalue weighted by molar-refractivity contribution is -0.131. The lowest BCUT2D eigenvalue weighted by Crippen LogP contribution is -2.27. The van der Waals surface area contributed by atoms with E-state index in [1.54, 1.807) is 37.6 Å². The van der Waals surface area contributed by atoms with Crippen LogP contribution in [-0.4, -0.2) is 34.0 Å². The summed E-state index contributed by atoms with van der Waals surface area (Å²) in [5, 5.41) is 13.7. The van der Waals surface area contributed by atoms with Gasteiger partial charge < -0.3 is 24.0 Å². The highest BCUT2D eigenvalue weighted by molar-refractivity contribution is 6.04. The second-order valence-electron chi connectivity index (χ2n) is 7.89. The van der Waals surface area contributed by atoms with Crippen molar-refractivity contribution >= 4 is 16.6 Å². The van der Waals surface area contributed by atoms with Crippen LogP contribution in [0.5, 0.6) is 5.75 Å².